The number of nitrogens with zero attached hydrogens (tertiary/aromatic N) is 2. The van der Waals surface area contributed by atoms with E-state index in [1.165, 1.54) is 0 Å². The second kappa shape index (κ2) is 8.20. The normalized spacial score (nSPS) is 12.9. The molecule has 0 aliphatic carbocycles. The van der Waals surface area contributed by atoms with E-state index >= 15 is 0 Å². The maximum atomic E-state index is 12.8. The van der Waals surface area contributed by atoms with Gasteiger partial charge in [-0.2, -0.15) is 5.10 Å². The van der Waals surface area contributed by atoms with Gasteiger partial charge in [-0.1, -0.05) is 0 Å². The summed E-state index contributed by atoms with van der Waals surface area (Å²) in [4.78, 5) is 0.194. The summed E-state index contributed by atoms with van der Waals surface area (Å²) in [5, 5.41) is 4.49. The lowest BCUT2D eigenvalue weighted by Gasteiger charge is -2.18. The minimum absolute atomic E-state index is 0.115. The van der Waals surface area contributed by atoms with Crippen LogP contribution in [0, 0.1) is 20.8 Å². The Morgan fingerprint density at radius 2 is 2.00 bits per heavy atom. The molecule has 2 heterocycles. The molecule has 0 bridgehead atoms. The number of hydrogen-bond donors (Lipinski definition) is 1. The molecule has 28 heavy (non-hydrogen) atoms. The summed E-state index contributed by atoms with van der Waals surface area (Å²) < 4.78 is 41.2. The van der Waals surface area contributed by atoms with Crippen LogP contribution in [-0.4, -0.2) is 31.3 Å². The maximum Gasteiger partial charge on any atom is 0.240 e. The predicted molar refractivity (Wildman–Crippen MR) is 106 cm³/mol. The van der Waals surface area contributed by atoms with E-state index < -0.39 is 10.0 Å². The molecule has 7 nitrogen and oxygen atoms in total. The SMILES string of the molecule is CCOc1ccc(S(=O)(=O)NCC(c2ccco2)n2nc(C)cc2C)cc1C. The Labute approximate surface area is 165 Å². The Balaban J connectivity index is 1.84. The van der Waals surface area contributed by atoms with Crippen LogP contribution < -0.4 is 9.46 Å². The van der Waals surface area contributed by atoms with Gasteiger partial charge in [0.05, 0.1) is 23.5 Å². The molecule has 0 saturated carbocycles. The van der Waals surface area contributed by atoms with Crippen molar-refractivity contribution in [1.29, 1.82) is 0 Å². The highest BCUT2D eigenvalue weighted by atomic mass is 32.2. The Kier molecular flexibility index (Phi) is 5.90. The van der Waals surface area contributed by atoms with Crippen molar-refractivity contribution in [3.05, 3.63) is 65.4 Å². The Morgan fingerprint density at radius 1 is 1.21 bits per heavy atom. The van der Waals surface area contributed by atoms with Gasteiger partial charge in [0, 0.05) is 12.2 Å². The molecular weight excluding hydrogens is 378 g/mol. The van der Waals surface area contributed by atoms with Crippen LogP contribution in [-0.2, 0) is 10.0 Å². The summed E-state index contributed by atoms with van der Waals surface area (Å²) in [6.45, 7) is 8.18. The second-order valence-corrected chi connectivity index (χ2v) is 8.38. The Bertz CT molecular complexity index is 1040. The molecule has 0 aliphatic heterocycles. The third-order valence-corrected chi connectivity index (χ3v) is 5.86. The molecule has 1 unspecified atom stereocenters. The van der Waals surface area contributed by atoms with Crippen LogP contribution in [0.1, 0.15) is 35.7 Å². The summed E-state index contributed by atoms with van der Waals surface area (Å²) in [6, 6.07) is 9.99. The minimum Gasteiger partial charge on any atom is -0.494 e. The molecule has 1 N–H and O–H groups in total. The summed E-state index contributed by atoms with van der Waals surface area (Å²) in [6.07, 6.45) is 1.57. The third kappa shape index (κ3) is 4.28. The Hall–Kier alpha value is -2.58. The first-order chi connectivity index (χ1) is 13.3. The van der Waals surface area contributed by atoms with E-state index in [1.807, 2.05) is 39.8 Å². The monoisotopic (exact) mass is 403 g/mol. The molecule has 3 rings (SSSR count). The molecule has 150 valence electrons. The second-order valence-electron chi connectivity index (χ2n) is 6.62. The molecule has 0 fully saturated rings. The smallest absolute Gasteiger partial charge is 0.240 e. The van der Waals surface area contributed by atoms with Gasteiger partial charge < -0.3 is 9.15 Å². The van der Waals surface area contributed by atoms with Crippen molar-refractivity contribution in [2.45, 2.75) is 38.6 Å². The lowest BCUT2D eigenvalue weighted by atomic mass is 10.2. The number of aromatic nitrogens is 2. The number of rotatable bonds is 8. The van der Waals surface area contributed by atoms with Gasteiger partial charge in [-0.15, -0.1) is 0 Å². The molecule has 8 heteroatoms. The molecule has 0 spiro atoms. The van der Waals surface area contributed by atoms with Gasteiger partial charge >= 0.3 is 0 Å². The number of aryl methyl sites for hydroxylation is 3. The Morgan fingerprint density at radius 3 is 2.57 bits per heavy atom. The number of hydrogen-bond acceptors (Lipinski definition) is 5. The standard InChI is InChI=1S/C20H25N3O4S/c1-5-26-19-9-8-17(11-14(19)2)28(24,25)21-13-18(20-7-6-10-27-20)23-16(4)12-15(3)22-23/h6-12,18,21H,5,13H2,1-4H3. The van der Waals surface area contributed by atoms with Crippen LogP contribution in [0.15, 0.2) is 52.0 Å². The zero-order valence-corrected chi connectivity index (χ0v) is 17.3. The largest absolute Gasteiger partial charge is 0.494 e. The molecule has 1 atom stereocenters. The quantitative estimate of drug-likeness (QED) is 0.623. The van der Waals surface area contributed by atoms with E-state index in [0.29, 0.717) is 18.1 Å². The van der Waals surface area contributed by atoms with Gasteiger partial charge in [-0.05, 0) is 69.7 Å². The van der Waals surface area contributed by atoms with Crippen molar-refractivity contribution in [3.63, 3.8) is 0 Å². The van der Waals surface area contributed by atoms with Gasteiger partial charge in [0.1, 0.15) is 17.6 Å². The fourth-order valence-electron chi connectivity index (χ4n) is 3.13. The zero-order chi connectivity index (χ0) is 20.3. The first-order valence-corrected chi connectivity index (χ1v) is 10.6. The van der Waals surface area contributed by atoms with Crippen LogP contribution in [0.3, 0.4) is 0 Å². The first-order valence-electron chi connectivity index (χ1n) is 9.11. The van der Waals surface area contributed by atoms with E-state index in [1.54, 1.807) is 35.2 Å². The van der Waals surface area contributed by atoms with E-state index in [0.717, 1.165) is 17.0 Å². The van der Waals surface area contributed by atoms with E-state index in [4.69, 9.17) is 9.15 Å². The number of nitrogens with one attached hydrogen (secondary N) is 1. The summed E-state index contributed by atoms with van der Waals surface area (Å²) in [7, 11) is -3.70. The first kappa shape index (κ1) is 20.2. The van der Waals surface area contributed by atoms with Crippen LogP contribution in [0.2, 0.25) is 0 Å². The van der Waals surface area contributed by atoms with E-state index in [9.17, 15) is 8.42 Å². The van der Waals surface area contributed by atoms with Gasteiger partial charge in [-0.25, -0.2) is 13.1 Å². The predicted octanol–water partition coefficient (Wildman–Crippen LogP) is 3.37. The lowest BCUT2D eigenvalue weighted by molar-refractivity contribution is 0.337. The van der Waals surface area contributed by atoms with Crippen LogP contribution in [0.25, 0.3) is 0 Å². The topological polar surface area (TPSA) is 86.4 Å². The van der Waals surface area contributed by atoms with Crippen LogP contribution in [0.4, 0.5) is 0 Å². The number of benzene rings is 1. The zero-order valence-electron chi connectivity index (χ0n) is 16.5. The molecule has 0 amide bonds. The molecule has 3 aromatic rings. The third-order valence-electron chi connectivity index (χ3n) is 4.43. The van der Waals surface area contributed by atoms with Crippen molar-refractivity contribution < 1.29 is 17.6 Å². The molecular formula is C20H25N3O4S. The van der Waals surface area contributed by atoms with E-state index in [2.05, 4.69) is 9.82 Å². The van der Waals surface area contributed by atoms with Gasteiger partial charge in [-0.3, -0.25) is 4.68 Å². The highest BCUT2D eigenvalue weighted by Gasteiger charge is 2.23. The highest BCUT2D eigenvalue weighted by molar-refractivity contribution is 7.89. The molecule has 0 radical (unpaired) electrons. The average Bonchev–Trinajstić information content (AvgIpc) is 3.27. The molecule has 2 aromatic heterocycles. The van der Waals surface area contributed by atoms with Crippen molar-refractivity contribution >= 4 is 10.0 Å². The van der Waals surface area contributed by atoms with E-state index in [-0.39, 0.29) is 17.5 Å². The molecule has 0 saturated heterocycles. The van der Waals surface area contributed by atoms with Crippen LogP contribution >= 0.6 is 0 Å². The molecule has 0 aliphatic rings. The van der Waals surface area contributed by atoms with Gasteiger partial charge in [0.2, 0.25) is 10.0 Å². The highest BCUT2D eigenvalue weighted by Crippen LogP contribution is 2.24. The van der Waals surface area contributed by atoms with Crippen molar-refractivity contribution in [2.75, 3.05) is 13.2 Å². The number of sulfonamides is 1. The van der Waals surface area contributed by atoms with Crippen molar-refractivity contribution in [1.82, 2.24) is 14.5 Å². The average molecular weight is 404 g/mol. The number of furan rings is 1. The molecule has 1 aromatic carbocycles. The maximum absolute atomic E-state index is 12.8. The van der Waals surface area contributed by atoms with Crippen LogP contribution in [0.5, 0.6) is 5.75 Å². The van der Waals surface area contributed by atoms with Gasteiger partial charge in [0.25, 0.3) is 0 Å². The summed E-state index contributed by atoms with van der Waals surface area (Å²) in [5.74, 6) is 1.31. The van der Waals surface area contributed by atoms with Crippen molar-refractivity contribution in [2.24, 2.45) is 0 Å². The summed E-state index contributed by atoms with van der Waals surface area (Å²) >= 11 is 0. The fraction of sp³-hybridized carbons (Fsp3) is 0.350. The lowest BCUT2D eigenvalue weighted by Crippen LogP contribution is -2.32. The number of ether oxygens (including phenoxy) is 1. The summed E-state index contributed by atoms with van der Waals surface area (Å²) in [5.41, 5.74) is 2.56. The van der Waals surface area contributed by atoms with Gasteiger partial charge in [0.15, 0.2) is 0 Å². The van der Waals surface area contributed by atoms with Crippen molar-refractivity contribution in [3.8, 4) is 5.75 Å². The fourth-order valence-corrected chi connectivity index (χ4v) is 4.25. The minimum atomic E-state index is -3.70.